The summed E-state index contributed by atoms with van der Waals surface area (Å²) in [5, 5.41) is 0. The van der Waals surface area contributed by atoms with Crippen molar-refractivity contribution in [3.8, 4) is 0 Å². The molecule has 16 heavy (non-hydrogen) atoms. The molecule has 1 heterocycles. The number of nitrogens with zero attached hydrogens (tertiary/aromatic N) is 1. The Bertz CT molecular complexity index is 195. The van der Waals surface area contributed by atoms with Crippen LogP contribution in [-0.4, -0.2) is 57.0 Å². The van der Waals surface area contributed by atoms with Crippen molar-refractivity contribution >= 4 is 0 Å². The summed E-state index contributed by atoms with van der Waals surface area (Å²) in [5.74, 6) is 0.602. The van der Waals surface area contributed by atoms with E-state index < -0.39 is 0 Å². The Morgan fingerprint density at radius 3 is 2.81 bits per heavy atom. The number of rotatable bonds is 5. The van der Waals surface area contributed by atoms with E-state index in [1.807, 2.05) is 0 Å². The second kappa shape index (κ2) is 6.55. The van der Waals surface area contributed by atoms with Gasteiger partial charge in [-0.25, -0.2) is 0 Å². The lowest BCUT2D eigenvalue weighted by atomic mass is 10.1. The van der Waals surface area contributed by atoms with Crippen molar-refractivity contribution < 1.29 is 9.47 Å². The molecule has 0 aromatic rings. The molecule has 0 aromatic heterocycles. The van der Waals surface area contributed by atoms with Crippen molar-refractivity contribution in [2.24, 2.45) is 11.7 Å². The maximum absolute atomic E-state index is 5.95. The van der Waals surface area contributed by atoms with E-state index in [4.69, 9.17) is 15.2 Å². The van der Waals surface area contributed by atoms with Crippen molar-refractivity contribution in [1.29, 1.82) is 0 Å². The van der Waals surface area contributed by atoms with Crippen molar-refractivity contribution in [1.82, 2.24) is 4.90 Å². The van der Waals surface area contributed by atoms with Gasteiger partial charge in [-0.3, -0.25) is 4.90 Å². The van der Waals surface area contributed by atoms with Crippen LogP contribution in [-0.2, 0) is 9.47 Å². The van der Waals surface area contributed by atoms with Gasteiger partial charge in [0.15, 0.2) is 0 Å². The highest BCUT2D eigenvalue weighted by molar-refractivity contribution is 4.78. The SMILES string of the molecule is NCC1CCCC1OCCN1CCOCC1. The fourth-order valence-corrected chi connectivity index (χ4v) is 2.65. The van der Waals surface area contributed by atoms with Gasteiger partial charge in [0.25, 0.3) is 0 Å². The lowest BCUT2D eigenvalue weighted by Crippen LogP contribution is -2.39. The van der Waals surface area contributed by atoms with Crippen molar-refractivity contribution in [3.63, 3.8) is 0 Å². The van der Waals surface area contributed by atoms with Crippen LogP contribution in [0.4, 0.5) is 0 Å². The van der Waals surface area contributed by atoms with Crippen LogP contribution >= 0.6 is 0 Å². The summed E-state index contributed by atoms with van der Waals surface area (Å²) >= 11 is 0. The monoisotopic (exact) mass is 228 g/mol. The molecule has 1 aliphatic carbocycles. The third-order valence-corrected chi connectivity index (χ3v) is 3.74. The third kappa shape index (κ3) is 3.42. The fraction of sp³-hybridized carbons (Fsp3) is 1.00. The van der Waals surface area contributed by atoms with Crippen molar-refractivity contribution in [2.45, 2.75) is 25.4 Å². The summed E-state index contributed by atoms with van der Waals surface area (Å²) in [6.45, 7) is 6.51. The Morgan fingerprint density at radius 1 is 1.25 bits per heavy atom. The molecule has 0 aromatic carbocycles. The first-order chi connectivity index (χ1) is 7.90. The standard InChI is InChI=1S/C12H24N2O2/c13-10-11-2-1-3-12(11)16-9-6-14-4-7-15-8-5-14/h11-12H,1-10,13H2. The smallest absolute Gasteiger partial charge is 0.0616 e. The largest absolute Gasteiger partial charge is 0.379 e. The Kier molecular flexibility index (Phi) is 5.03. The van der Waals surface area contributed by atoms with E-state index in [0.717, 1.165) is 46.0 Å². The predicted octanol–water partition coefficient (Wildman–Crippen LogP) is 0.463. The molecule has 2 unspecified atom stereocenters. The Morgan fingerprint density at radius 2 is 2.06 bits per heavy atom. The fourth-order valence-electron chi connectivity index (χ4n) is 2.65. The van der Waals surface area contributed by atoms with Gasteiger partial charge in [-0.2, -0.15) is 0 Å². The summed E-state index contributed by atoms with van der Waals surface area (Å²) in [7, 11) is 0. The van der Waals surface area contributed by atoms with Gasteiger partial charge in [-0.1, -0.05) is 6.42 Å². The predicted molar refractivity (Wildman–Crippen MR) is 63.4 cm³/mol. The molecule has 0 amide bonds. The van der Waals surface area contributed by atoms with E-state index in [2.05, 4.69) is 4.90 Å². The first kappa shape index (κ1) is 12.3. The summed E-state index contributed by atoms with van der Waals surface area (Å²) in [5.41, 5.74) is 5.73. The lowest BCUT2D eigenvalue weighted by Gasteiger charge is -2.27. The normalized spacial score (nSPS) is 32.1. The van der Waals surface area contributed by atoms with Crippen LogP contribution in [0.2, 0.25) is 0 Å². The van der Waals surface area contributed by atoms with Crippen molar-refractivity contribution in [2.75, 3.05) is 46.0 Å². The molecule has 0 bridgehead atoms. The summed E-state index contributed by atoms with van der Waals surface area (Å²) < 4.78 is 11.3. The lowest BCUT2D eigenvalue weighted by molar-refractivity contribution is -0.00786. The van der Waals surface area contributed by atoms with Gasteiger partial charge in [0.2, 0.25) is 0 Å². The third-order valence-electron chi connectivity index (χ3n) is 3.74. The summed E-state index contributed by atoms with van der Waals surface area (Å²) in [6, 6.07) is 0. The van der Waals surface area contributed by atoms with E-state index in [-0.39, 0.29) is 0 Å². The first-order valence-electron chi connectivity index (χ1n) is 6.52. The summed E-state index contributed by atoms with van der Waals surface area (Å²) in [6.07, 6.45) is 4.15. The maximum Gasteiger partial charge on any atom is 0.0616 e. The molecule has 1 aliphatic heterocycles. The second-order valence-electron chi connectivity index (χ2n) is 4.79. The Labute approximate surface area is 98.1 Å². The highest BCUT2D eigenvalue weighted by Crippen LogP contribution is 2.27. The molecule has 2 rings (SSSR count). The molecule has 4 heteroatoms. The zero-order valence-corrected chi connectivity index (χ0v) is 10.1. The van der Waals surface area contributed by atoms with Gasteiger partial charge in [0.05, 0.1) is 25.9 Å². The van der Waals surface area contributed by atoms with Crippen LogP contribution in [0.25, 0.3) is 0 Å². The van der Waals surface area contributed by atoms with Gasteiger partial charge < -0.3 is 15.2 Å². The minimum Gasteiger partial charge on any atom is -0.379 e. The van der Waals surface area contributed by atoms with E-state index in [0.29, 0.717) is 12.0 Å². The van der Waals surface area contributed by atoms with Gasteiger partial charge in [0.1, 0.15) is 0 Å². The molecule has 2 aliphatic rings. The maximum atomic E-state index is 5.95. The number of ether oxygens (including phenoxy) is 2. The molecule has 2 atom stereocenters. The Hall–Kier alpha value is -0.160. The Balaban J connectivity index is 1.59. The van der Waals surface area contributed by atoms with E-state index in [1.165, 1.54) is 19.3 Å². The van der Waals surface area contributed by atoms with Crippen LogP contribution < -0.4 is 5.73 Å². The minimum absolute atomic E-state index is 0.422. The molecular formula is C12H24N2O2. The van der Waals surface area contributed by atoms with Crippen LogP contribution in [0.3, 0.4) is 0 Å². The van der Waals surface area contributed by atoms with Crippen LogP contribution in [0, 0.1) is 5.92 Å². The number of morpholine rings is 1. The summed E-state index contributed by atoms with van der Waals surface area (Å²) in [4.78, 5) is 2.41. The molecular weight excluding hydrogens is 204 g/mol. The number of hydrogen-bond acceptors (Lipinski definition) is 4. The van der Waals surface area contributed by atoms with E-state index in [1.54, 1.807) is 0 Å². The molecule has 2 fully saturated rings. The molecule has 94 valence electrons. The molecule has 0 radical (unpaired) electrons. The van der Waals surface area contributed by atoms with Gasteiger partial charge in [-0.05, 0) is 25.3 Å². The van der Waals surface area contributed by atoms with Crippen LogP contribution in [0.15, 0.2) is 0 Å². The molecule has 1 saturated carbocycles. The molecule has 4 nitrogen and oxygen atoms in total. The molecule has 2 N–H and O–H groups in total. The first-order valence-corrected chi connectivity index (χ1v) is 6.52. The van der Waals surface area contributed by atoms with Gasteiger partial charge >= 0.3 is 0 Å². The topological polar surface area (TPSA) is 47.7 Å². The zero-order valence-electron chi connectivity index (χ0n) is 10.1. The van der Waals surface area contributed by atoms with Crippen LogP contribution in [0.1, 0.15) is 19.3 Å². The molecule has 0 spiro atoms. The highest BCUT2D eigenvalue weighted by atomic mass is 16.5. The average Bonchev–Trinajstić information content (AvgIpc) is 2.78. The highest BCUT2D eigenvalue weighted by Gasteiger charge is 2.26. The molecule has 1 saturated heterocycles. The van der Waals surface area contributed by atoms with Gasteiger partial charge in [0, 0.05) is 19.6 Å². The van der Waals surface area contributed by atoms with Crippen molar-refractivity contribution in [3.05, 3.63) is 0 Å². The van der Waals surface area contributed by atoms with Gasteiger partial charge in [-0.15, -0.1) is 0 Å². The number of nitrogens with two attached hydrogens (primary N) is 1. The quantitative estimate of drug-likeness (QED) is 0.743. The number of hydrogen-bond donors (Lipinski definition) is 1. The van der Waals surface area contributed by atoms with E-state index >= 15 is 0 Å². The average molecular weight is 228 g/mol. The second-order valence-corrected chi connectivity index (χ2v) is 4.79. The minimum atomic E-state index is 0.422. The van der Waals surface area contributed by atoms with E-state index in [9.17, 15) is 0 Å². The van der Waals surface area contributed by atoms with Crippen LogP contribution in [0.5, 0.6) is 0 Å². The zero-order chi connectivity index (χ0) is 11.2.